The van der Waals surface area contributed by atoms with Gasteiger partial charge in [0.15, 0.2) is 0 Å². The maximum absolute atomic E-state index is 13.3. The summed E-state index contributed by atoms with van der Waals surface area (Å²) in [5, 5.41) is 8.48. The molecule has 1 amide bonds. The third-order valence-corrected chi connectivity index (χ3v) is 6.73. The molecule has 0 radical (unpaired) electrons. The Kier molecular flexibility index (Phi) is 5.55. The van der Waals surface area contributed by atoms with E-state index >= 15 is 0 Å². The average molecular weight is 432 g/mol. The molecule has 0 aliphatic carbocycles. The second-order valence-corrected chi connectivity index (χ2v) is 8.59. The summed E-state index contributed by atoms with van der Waals surface area (Å²) in [5.74, 6) is 3.40. The number of hydrogen-bond acceptors (Lipinski definition) is 5. The summed E-state index contributed by atoms with van der Waals surface area (Å²) < 4.78 is 7.71. The van der Waals surface area contributed by atoms with Gasteiger partial charge >= 0.3 is 0 Å². The molecule has 1 aromatic heterocycles. The number of methoxy groups -OCH3 is 1. The maximum atomic E-state index is 13.3. The summed E-state index contributed by atoms with van der Waals surface area (Å²) in [7, 11) is 1.70. The molecule has 5 rings (SSSR count). The molecule has 3 aromatic rings. The van der Waals surface area contributed by atoms with Crippen molar-refractivity contribution in [3.8, 4) is 5.75 Å². The second kappa shape index (κ2) is 8.65. The van der Waals surface area contributed by atoms with Crippen molar-refractivity contribution in [2.24, 2.45) is 0 Å². The molecule has 7 heteroatoms. The van der Waals surface area contributed by atoms with Crippen molar-refractivity contribution in [2.75, 3.05) is 38.2 Å². The van der Waals surface area contributed by atoms with Crippen molar-refractivity contribution in [1.29, 1.82) is 0 Å². The number of nitrogens with zero attached hydrogens (tertiary/aromatic N) is 5. The molecule has 1 fully saturated rings. The molecule has 7 nitrogen and oxygen atoms in total. The third kappa shape index (κ3) is 3.83. The Bertz CT molecular complexity index is 1120. The van der Waals surface area contributed by atoms with E-state index in [0.717, 1.165) is 61.1 Å². The molecule has 0 N–H and O–H groups in total. The average Bonchev–Trinajstić information content (AvgIpc) is 3.23. The SMILES string of the molecule is COc1ccccc1N1CCN(C(=O)c2cccc([C@@H]3CCc4nnc(C)n4C3)c2)CC1. The number of ether oxygens (including phenoxy) is 1. The molecule has 0 saturated carbocycles. The van der Waals surface area contributed by atoms with E-state index in [1.54, 1.807) is 7.11 Å². The van der Waals surface area contributed by atoms with E-state index in [0.29, 0.717) is 19.0 Å². The number of carbonyl (C=O) groups excluding carboxylic acids is 1. The highest BCUT2D eigenvalue weighted by Gasteiger charge is 2.26. The largest absolute Gasteiger partial charge is 0.495 e. The number of aromatic nitrogens is 3. The van der Waals surface area contributed by atoms with Gasteiger partial charge < -0.3 is 19.1 Å². The fourth-order valence-electron chi connectivity index (χ4n) is 4.88. The zero-order chi connectivity index (χ0) is 22.1. The minimum absolute atomic E-state index is 0.114. The molecule has 166 valence electrons. The molecule has 1 saturated heterocycles. The standard InChI is InChI=1S/C25H29N5O2/c1-18-26-27-24-11-10-21(17-30(18)24)19-6-5-7-20(16-19)25(31)29-14-12-28(13-15-29)22-8-3-4-9-23(22)32-2/h3-9,16,21H,10-15,17H2,1-2H3/t21-/m1/s1. The van der Waals surface area contributed by atoms with Crippen molar-refractivity contribution >= 4 is 11.6 Å². The first-order valence-corrected chi connectivity index (χ1v) is 11.3. The Balaban J connectivity index is 1.26. The van der Waals surface area contributed by atoms with Crippen molar-refractivity contribution < 1.29 is 9.53 Å². The van der Waals surface area contributed by atoms with Crippen molar-refractivity contribution in [3.63, 3.8) is 0 Å². The number of hydrogen-bond donors (Lipinski definition) is 0. The second-order valence-electron chi connectivity index (χ2n) is 8.59. The summed E-state index contributed by atoms with van der Waals surface area (Å²) in [6.45, 7) is 5.88. The number of anilines is 1. The monoisotopic (exact) mass is 431 g/mol. The topological polar surface area (TPSA) is 63.5 Å². The van der Waals surface area contributed by atoms with Crippen molar-refractivity contribution in [2.45, 2.75) is 32.2 Å². The van der Waals surface area contributed by atoms with E-state index < -0.39 is 0 Å². The number of piperazine rings is 1. The molecular weight excluding hydrogens is 402 g/mol. The lowest BCUT2D eigenvalue weighted by molar-refractivity contribution is 0.0746. The Morgan fingerprint density at radius 2 is 1.84 bits per heavy atom. The van der Waals surface area contributed by atoms with Gasteiger partial charge in [-0.3, -0.25) is 4.79 Å². The maximum Gasteiger partial charge on any atom is 0.253 e. The molecule has 0 bridgehead atoms. The van der Waals surface area contributed by atoms with Gasteiger partial charge in [-0.15, -0.1) is 10.2 Å². The molecule has 3 heterocycles. The molecular formula is C25H29N5O2. The van der Waals surface area contributed by atoms with Crippen LogP contribution in [0.1, 0.15) is 39.9 Å². The predicted octanol–water partition coefficient (Wildman–Crippen LogP) is 3.29. The van der Waals surface area contributed by atoms with Gasteiger partial charge in [0.2, 0.25) is 0 Å². The zero-order valence-electron chi connectivity index (χ0n) is 18.7. The van der Waals surface area contributed by atoms with Gasteiger partial charge in [0, 0.05) is 50.6 Å². The summed E-state index contributed by atoms with van der Waals surface area (Å²) in [6.07, 6.45) is 1.96. The Morgan fingerprint density at radius 3 is 2.66 bits per heavy atom. The minimum atomic E-state index is 0.114. The van der Waals surface area contributed by atoms with Crippen LogP contribution in [-0.4, -0.2) is 58.9 Å². The first-order chi connectivity index (χ1) is 15.6. The van der Waals surface area contributed by atoms with Crippen molar-refractivity contribution in [1.82, 2.24) is 19.7 Å². The highest BCUT2D eigenvalue weighted by atomic mass is 16.5. The van der Waals surface area contributed by atoms with Gasteiger partial charge in [0.25, 0.3) is 5.91 Å². The summed E-state index contributed by atoms with van der Waals surface area (Å²) in [4.78, 5) is 17.5. The van der Waals surface area contributed by atoms with Crippen LogP contribution >= 0.6 is 0 Å². The van der Waals surface area contributed by atoms with Crippen LogP contribution in [0.4, 0.5) is 5.69 Å². The molecule has 1 atom stereocenters. The third-order valence-electron chi connectivity index (χ3n) is 6.73. The van der Waals surface area contributed by atoms with Gasteiger partial charge in [0.05, 0.1) is 12.8 Å². The number of rotatable bonds is 4. The van der Waals surface area contributed by atoms with Gasteiger partial charge in [-0.2, -0.15) is 0 Å². The van der Waals surface area contributed by atoms with E-state index in [1.807, 2.05) is 42.2 Å². The van der Waals surface area contributed by atoms with Crippen LogP contribution in [0.25, 0.3) is 0 Å². The molecule has 0 unspecified atom stereocenters. The first-order valence-electron chi connectivity index (χ1n) is 11.3. The van der Waals surface area contributed by atoms with Crippen molar-refractivity contribution in [3.05, 3.63) is 71.3 Å². The van der Waals surface area contributed by atoms with Crippen LogP contribution in [0.15, 0.2) is 48.5 Å². The minimum Gasteiger partial charge on any atom is -0.495 e. The number of amides is 1. The number of carbonyl (C=O) groups is 1. The number of fused-ring (bicyclic) bond motifs is 1. The Hall–Kier alpha value is -3.35. The lowest BCUT2D eigenvalue weighted by Crippen LogP contribution is -2.48. The lowest BCUT2D eigenvalue weighted by atomic mass is 9.90. The molecule has 2 aliphatic heterocycles. The van der Waals surface area contributed by atoms with Gasteiger partial charge in [-0.05, 0) is 43.2 Å². The highest BCUT2D eigenvalue weighted by molar-refractivity contribution is 5.94. The van der Waals surface area contributed by atoms with Gasteiger partial charge in [-0.25, -0.2) is 0 Å². The van der Waals surface area contributed by atoms with Gasteiger partial charge in [0.1, 0.15) is 17.4 Å². The molecule has 0 spiro atoms. The van der Waals surface area contributed by atoms with Crippen LogP contribution in [0.3, 0.4) is 0 Å². The Labute approximate surface area is 188 Å². The van der Waals surface area contributed by atoms with E-state index in [2.05, 4.69) is 37.9 Å². The summed E-state index contributed by atoms with van der Waals surface area (Å²) in [5.41, 5.74) is 3.09. The van der Waals surface area contributed by atoms with Crippen LogP contribution in [0, 0.1) is 6.92 Å². The van der Waals surface area contributed by atoms with Crippen LogP contribution in [0.2, 0.25) is 0 Å². The van der Waals surface area contributed by atoms with Crippen LogP contribution in [0.5, 0.6) is 5.75 Å². The number of para-hydroxylation sites is 2. The summed E-state index contributed by atoms with van der Waals surface area (Å²) in [6, 6.07) is 16.2. The fourth-order valence-corrected chi connectivity index (χ4v) is 4.88. The number of aryl methyl sites for hydroxylation is 2. The van der Waals surface area contributed by atoms with Gasteiger partial charge in [-0.1, -0.05) is 24.3 Å². The summed E-state index contributed by atoms with van der Waals surface area (Å²) >= 11 is 0. The molecule has 2 aromatic carbocycles. The van der Waals surface area contributed by atoms with Crippen LogP contribution < -0.4 is 9.64 Å². The zero-order valence-corrected chi connectivity index (χ0v) is 18.7. The normalized spacial score (nSPS) is 18.4. The lowest BCUT2D eigenvalue weighted by Gasteiger charge is -2.36. The molecule has 2 aliphatic rings. The van der Waals surface area contributed by atoms with E-state index in [4.69, 9.17) is 4.74 Å². The number of benzene rings is 2. The Morgan fingerprint density at radius 1 is 1.03 bits per heavy atom. The predicted molar refractivity (Wildman–Crippen MR) is 123 cm³/mol. The van der Waals surface area contributed by atoms with E-state index in [1.165, 1.54) is 5.56 Å². The first kappa shape index (κ1) is 20.5. The van der Waals surface area contributed by atoms with Crippen LogP contribution in [-0.2, 0) is 13.0 Å². The van der Waals surface area contributed by atoms with E-state index in [-0.39, 0.29) is 5.91 Å². The highest BCUT2D eigenvalue weighted by Crippen LogP contribution is 2.30. The van der Waals surface area contributed by atoms with E-state index in [9.17, 15) is 4.79 Å². The quantitative estimate of drug-likeness (QED) is 0.634. The molecule has 32 heavy (non-hydrogen) atoms. The smallest absolute Gasteiger partial charge is 0.253 e. The fraction of sp³-hybridized carbons (Fsp3) is 0.400.